The number of fused-ring (bicyclic) bond motifs is 1. The Labute approximate surface area is 102 Å². The molecule has 2 unspecified atom stereocenters. The normalized spacial score (nSPS) is 23.6. The van der Waals surface area contributed by atoms with Crippen molar-refractivity contribution >= 4 is 11.6 Å². The Hall–Kier alpha value is -2.11. The Morgan fingerprint density at radius 3 is 3.06 bits per heavy atom. The molecular weight excluding hydrogens is 234 g/mol. The number of H-pyrrole nitrogens is 1. The SMILES string of the molecule is O=C(O)C1CCC(c2nc3cccn3c(=O)[nH]2)C1. The molecule has 94 valence electrons. The van der Waals surface area contributed by atoms with E-state index in [1.807, 2.05) is 0 Å². The van der Waals surface area contributed by atoms with E-state index >= 15 is 0 Å². The molecule has 0 aliphatic heterocycles. The van der Waals surface area contributed by atoms with Crippen LogP contribution in [0.2, 0.25) is 0 Å². The van der Waals surface area contributed by atoms with Gasteiger partial charge in [-0.1, -0.05) is 0 Å². The third-order valence-corrected chi connectivity index (χ3v) is 3.58. The third-order valence-electron chi connectivity index (χ3n) is 3.58. The fourth-order valence-corrected chi connectivity index (χ4v) is 2.60. The summed E-state index contributed by atoms with van der Waals surface area (Å²) in [6, 6.07) is 3.53. The highest BCUT2D eigenvalue weighted by Gasteiger charge is 2.32. The zero-order chi connectivity index (χ0) is 12.7. The van der Waals surface area contributed by atoms with Gasteiger partial charge in [0, 0.05) is 12.1 Å². The Morgan fingerprint density at radius 2 is 2.33 bits per heavy atom. The summed E-state index contributed by atoms with van der Waals surface area (Å²) in [6.07, 6.45) is 3.61. The standard InChI is InChI=1S/C12H13N3O3/c16-11(17)8-4-3-7(6-8)10-13-9-2-1-5-15(9)12(18)14-10/h1-2,5,7-8H,3-4,6H2,(H,16,17)(H,13,14,18). The molecule has 0 spiro atoms. The van der Waals surface area contributed by atoms with E-state index in [1.165, 1.54) is 4.40 Å². The lowest BCUT2D eigenvalue weighted by Crippen LogP contribution is -2.20. The molecule has 0 bridgehead atoms. The summed E-state index contributed by atoms with van der Waals surface area (Å²) in [5.41, 5.74) is 0.381. The van der Waals surface area contributed by atoms with Gasteiger partial charge in [-0.15, -0.1) is 0 Å². The number of carbonyl (C=O) groups is 1. The zero-order valence-corrected chi connectivity index (χ0v) is 9.67. The molecule has 6 nitrogen and oxygen atoms in total. The number of rotatable bonds is 2. The maximum Gasteiger partial charge on any atom is 0.332 e. The van der Waals surface area contributed by atoms with Gasteiger partial charge < -0.3 is 5.11 Å². The van der Waals surface area contributed by atoms with Crippen molar-refractivity contribution in [3.63, 3.8) is 0 Å². The summed E-state index contributed by atoms with van der Waals surface area (Å²) in [4.78, 5) is 29.8. The second kappa shape index (κ2) is 3.97. The number of aromatic amines is 1. The predicted molar refractivity (Wildman–Crippen MR) is 63.5 cm³/mol. The lowest BCUT2D eigenvalue weighted by molar-refractivity contribution is -0.141. The molecular formula is C12H13N3O3. The minimum absolute atomic E-state index is 0.0405. The van der Waals surface area contributed by atoms with E-state index in [2.05, 4.69) is 9.97 Å². The molecule has 2 aromatic rings. The Kier molecular flexibility index (Phi) is 2.43. The van der Waals surface area contributed by atoms with Gasteiger partial charge in [0.25, 0.3) is 0 Å². The molecule has 3 rings (SSSR count). The summed E-state index contributed by atoms with van der Waals surface area (Å²) in [5, 5.41) is 8.97. The Morgan fingerprint density at radius 1 is 1.50 bits per heavy atom. The Balaban J connectivity index is 1.96. The molecule has 0 amide bonds. The number of carboxylic acids is 1. The van der Waals surface area contributed by atoms with Gasteiger partial charge in [0.15, 0.2) is 0 Å². The van der Waals surface area contributed by atoms with Gasteiger partial charge in [0.05, 0.1) is 5.92 Å². The van der Waals surface area contributed by atoms with E-state index in [0.29, 0.717) is 24.3 Å². The lowest BCUT2D eigenvalue weighted by atomic mass is 10.0. The van der Waals surface area contributed by atoms with Gasteiger partial charge >= 0.3 is 11.7 Å². The molecule has 1 fully saturated rings. The van der Waals surface area contributed by atoms with E-state index < -0.39 is 5.97 Å². The first-order valence-electron chi connectivity index (χ1n) is 5.95. The molecule has 2 N–H and O–H groups in total. The van der Waals surface area contributed by atoms with Crippen molar-refractivity contribution in [3.05, 3.63) is 34.6 Å². The van der Waals surface area contributed by atoms with Crippen molar-refractivity contribution in [1.82, 2.24) is 14.4 Å². The van der Waals surface area contributed by atoms with E-state index in [4.69, 9.17) is 5.11 Å². The average molecular weight is 247 g/mol. The molecule has 6 heteroatoms. The van der Waals surface area contributed by atoms with Gasteiger partial charge in [0.1, 0.15) is 11.5 Å². The van der Waals surface area contributed by atoms with Gasteiger partial charge in [-0.05, 0) is 31.4 Å². The van der Waals surface area contributed by atoms with Crippen molar-refractivity contribution in [1.29, 1.82) is 0 Å². The second-order valence-corrected chi connectivity index (χ2v) is 4.71. The number of aromatic nitrogens is 3. The van der Waals surface area contributed by atoms with E-state index in [0.717, 1.165) is 6.42 Å². The first-order valence-corrected chi connectivity index (χ1v) is 5.95. The van der Waals surface area contributed by atoms with Crippen LogP contribution in [0.1, 0.15) is 31.0 Å². The van der Waals surface area contributed by atoms with Gasteiger partial charge in [-0.3, -0.25) is 14.2 Å². The maximum atomic E-state index is 11.8. The first-order chi connectivity index (χ1) is 8.65. The van der Waals surface area contributed by atoms with E-state index in [-0.39, 0.29) is 17.5 Å². The summed E-state index contributed by atoms with van der Waals surface area (Å²) in [5.74, 6) is -0.430. The second-order valence-electron chi connectivity index (χ2n) is 4.71. The van der Waals surface area contributed by atoms with Crippen LogP contribution in [0.5, 0.6) is 0 Å². The molecule has 0 aromatic carbocycles. The third kappa shape index (κ3) is 1.70. The van der Waals surface area contributed by atoms with Gasteiger partial charge in [0.2, 0.25) is 0 Å². The van der Waals surface area contributed by atoms with Crippen molar-refractivity contribution < 1.29 is 9.90 Å². The number of carboxylic acid groups (broad SMARTS) is 1. The van der Waals surface area contributed by atoms with Crippen LogP contribution in [0, 0.1) is 5.92 Å². The minimum atomic E-state index is -0.761. The molecule has 2 aromatic heterocycles. The van der Waals surface area contributed by atoms with Crippen LogP contribution >= 0.6 is 0 Å². The number of hydrogen-bond acceptors (Lipinski definition) is 3. The largest absolute Gasteiger partial charge is 0.481 e. The fraction of sp³-hybridized carbons (Fsp3) is 0.417. The zero-order valence-electron chi connectivity index (χ0n) is 9.67. The van der Waals surface area contributed by atoms with Crippen LogP contribution in [-0.2, 0) is 4.79 Å². The monoisotopic (exact) mass is 247 g/mol. The summed E-state index contributed by atoms with van der Waals surface area (Å²) >= 11 is 0. The topological polar surface area (TPSA) is 87.5 Å². The molecule has 18 heavy (non-hydrogen) atoms. The van der Waals surface area contributed by atoms with Gasteiger partial charge in [-0.25, -0.2) is 9.78 Å². The number of nitrogens with zero attached hydrogens (tertiary/aromatic N) is 2. The summed E-state index contributed by atoms with van der Waals surface area (Å²) in [7, 11) is 0. The summed E-state index contributed by atoms with van der Waals surface area (Å²) in [6.45, 7) is 0. The smallest absolute Gasteiger partial charge is 0.332 e. The number of hydrogen-bond donors (Lipinski definition) is 2. The van der Waals surface area contributed by atoms with Crippen molar-refractivity contribution in [3.8, 4) is 0 Å². The van der Waals surface area contributed by atoms with E-state index in [9.17, 15) is 9.59 Å². The maximum absolute atomic E-state index is 11.8. The fourth-order valence-electron chi connectivity index (χ4n) is 2.60. The van der Waals surface area contributed by atoms with Crippen LogP contribution in [0.25, 0.3) is 5.65 Å². The molecule has 2 heterocycles. The highest BCUT2D eigenvalue weighted by atomic mass is 16.4. The number of aliphatic carboxylic acids is 1. The molecule has 1 saturated carbocycles. The van der Waals surface area contributed by atoms with Crippen LogP contribution in [0.15, 0.2) is 23.1 Å². The minimum Gasteiger partial charge on any atom is -0.481 e. The molecule has 0 saturated heterocycles. The average Bonchev–Trinajstić information content (AvgIpc) is 2.97. The predicted octanol–water partition coefficient (Wildman–Crippen LogP) is 0.991. The van der Waals surface area contributed by atoms with Crippen molar-refractivity contribution in [2.45, 2.75) is 25.2 Å². The van der Waals surface area contributed by atoms with E-state index in [1.54, 1.807) is 18.3 Å². The summed E-state index contributed by atoms with van der Waals surface area (Å²) < 4.78 is 1.44. The van der Waals surface area contributed by atoms with Crippen molar-refractivity contribution in [2.24, 2.45) is 5.92 Å². The van der Waals surface area contributed by atoms with Crippen LogP contribution in [0.4, 0.5) is 0 Å². The molecule has 2 atom stereocenters. The molecule has 0 radical (unpaired) electrons. The molecule has 1 aliphatic carbocycles. The number of nitrogens with one attached hydrogen (secondary N) is 1. The quantitative estimate of drug-likeness (QED) is 0.828. The first kappa shape index (κ1) is 11.0. The lowest BCUT2D eigenvalue weighted by Gasteiger charge is -2.08. The molecule has 1 aliphatic rings. The van der Waals surface area contributed by atoms with Crippen LogP contribution in [0.3, 0.4) is 0 Å². The van der Waals surface area contributed by atoms with Crippen molar-refractivity contribution in [2.75, 3.05) is 0 Å². The van der Waals surface area contributed by atoms with Gasteiger partial charge in [-0.2, -0.15) is 0 Å². The Bertz CT molecular complexity index is 658. The van der Waals surface area contributed by atoms with Crippen LogP contribution < -0.4 is 5.69 Å². The van der Waals surface area contributed by atoms with Crippen LogP contribution in [-0.4, -0.2) is 25.4 Å². The highest BCUT2D eigenvalue weighted by molar-refractivity contribution is 5.70. The highest BCUT2D eigenvalue weighted by Crippen LogP contribution is 2.36.